The van der Waals surface area contributed by atoms with Crippen molar-refractivity contribution in [3.8, 4) is 0 Å². The maximum Gasteiger partial charge on any atom is 0.248 e. The molecule has 0 heterocycles. The molecule has 0 aliphatic heterocycles. The average molecular weight is 279 g/mol. The van der Waals surface area contributed by atoms with Crippen LogP contribution >= 0.6 is 0 Å². The van der Waals surface area contributed by atoms with Crippen molar-refractivity contribution in [2.24, 2.45) is 17.4 Å². The van der Waals surface area contributed by atoms with E-state index in [4.69, 9.17) is 11.5 Å². The highest BCUT2D eigenvalue weighted by Crippen LogP contribution is 2.27. The minimum atomic E-state index is -0.668. The minimum Gasteiger partial charge on any atom is -0.366 e. The molecular weight excluding hydrogens is 261 g/mol. The number of nitrogens with two attached hydrogens (primary N) is 2. The highest BCUT2D eigenvalue weighted by molar-refractivity contribution is 5.96. The molecule has 1 aliphatic rings. The number of hydrogen-bond donors (Lipinski definition) is 3. The second-order valence-electron chi connectivity index (χ2n) is 5.17. The molecule has 0 aromatic heterocycles. The van der Waals surface area contributed by atoms with Crippen molar-refractivity contribution in [2.75, 3.05) is 5.32 Å². The first kappa shape index (κ1) is 14.5. The number of rotatable bonds is 4. The van der Waals surface area contributed by atoms with Gasteiger partial charge in [-0.2, -0.15) is 0 Å². The molecule has 1 aromatic carbocycles. The maximum atomic E-state index is 13.6. The lowest BCUT2D eigenvalue weighted by atomic mass is 10.00. The van der Waals surface area contributed by atoms with Crippen LogP contribution in [0.15, 0.2) is 18.2 Å². The number of anilines is 1. The lowest BCUT2D eigenvalue weighted by molar-refractivity contribution is -0.117. The number of hydrogen-bond acceptors (Lipinski definition) is 3. The molecule has 1 aromatic rings. The van der Waals surface area contributed by atoms with E-state index >= 15 is 0 Å². The van der Waals surface area contributed by atoms with Gasteiger partial charge in [0.2, 0.25) is 11.8 Å². The lowest BCUT2D eigenvalue weighted by Crippen LogP contribution is -2.28. The summed E-state index contributed by atoms with van der Waals surface area (Å²) >= 11 is 0. The van der Waals surface area contributed by atoms with Gasteiger partial charge < -0.3 is 16.8 Å². The molecule has 20 heavy (non-hydrogen) atoms. The molecule has 1 fully saturated rings. The van der Waals surface area contributed by atoms with Gasteiger partial charge in [0.05, 0.1) is 5.69 Å². The molecule has 2 amide bonds. The molecule has 0 bridgehead atoms. The fraction of sp³-hybridized carbons (Fsp3) is 0.429. The number of primary amides is 1. The number of halogens is 1. The number of carbonyl (C=O) groups is 2. The molecule has 2 rings (SSSR count). The van der Waals surface area contributed by atoms with E-state index in [1.165, 1.54) is 12.1 Å². The summed E-state index contributed by atoms with van der Waals surface area (Å²) in [5, 5.41) is 2.48. The van der Waals surface area contributed by atoms with Gasteiger partial charge in [-0.1, -0.05) is 6.42 Å². The van der Waals surface area contributed by atoms with Crippen LogP contribution in [0.3, 0.4) is 0 Å². The largest absolute Gasteiger partial charge is 0.366 e. The van der Waals surface area contributed by atoms with Crippen LogP contribution in [0.5, 0.6) is 0 Å². The van der Waals surface area contributed by atoms with Crippen molar-refractivity contribution in [2.45, 2.75) is 31.7 Å². The summed E-state index contributed by atoms with van der Waals surface area (Å²) in [6, 6.07) is 3.66. The Kier molecular flexibility index (Phi) is 4.34. The molecule has 108 valence electrons. The van der Waals surface area contributed by atoms with Crippen LogP contribution in [0.25, 0.3) is 0 Å². The van der Waals surface area contributed by atoms with Crippen LogP contribution in [-0.4, -0.2) is 17.9 Å². The van der Waals surface area contributed by atoms with Crippen molar-refractivity contribution in [1.29, 1.82) is 0 Å². The van der Waals surface area contributed by atoms with E-state index in [1.807, 2.05) is 0 Å². The smallest absolute Gasteiger partial charge is 0.248 e. The topological polar surface area (TPSA) is 98.2 Å². The summed E-state index contributed by atoms with van der Waals surface area (Å²) in [7, 11) is 0. The first-order valence-corrected chi connectivity index (χ1v) is 6.62. The Labute approximate surface area is 116 Å². The SMILES string of the molecule is NC(=O)c1ccc(F)c(NC(=O)C[C@@H]2CCC[C@H]2N)c1. The number of benzene rings is 1. The number of carbonyl (C=O) groups excluding carboxylic acids is 2. The van der Waals surface area contributed by atoms with Gasteiger partial charge in [0.1, 0.15) is 5.82 Å². The third-order valence-corrected chi connectivity index (χ3v) is 3.69. The Morgan fingerprint density at radius 1 is 1.35 bits per heavy atom. The summed E-state index contributed by atoms with van der Waals surface area (Å²) in [5.74, 6) is -1.43. The number of amides is 2. The van der Waals surface area contributed by atoms with E-state index in [2.05, 4.69) is 5.32 Å². The van der Waals surface area contributed by atoms with E-state index < -0.39 is 11.7 Å². The van der Waals surface area contributed by atoms with Crippen LogP contribution in [0.4, 0.5) is 10.1 Å². The second kappa shape index (κ2) is 6.00. The lowest BCUT2D eigenvalue weighted by Gasteiger charge is -2.15. The van der Waals surface area contributed by atoms with E-state index in [1.54, 1.807) is 0 Å². The van der Waals surface area contributed by atoms with Crippen molar-refractivity contribution < 1.29 is 14.0 Å². The second-order valence-corrected chi connectivity index (χ2v) is 5.17. The summed E-state index contributed by atoms with van der Waals surface area (Å²) < 4.78 is 13.6. The normalized spacial score (nSPS) is 21.7. The summed E-state index contributed by atoms with van der Waals surface area (Å²) in [4.78, 5) is 22.9. The molecule has 5 N–H and O–H groups in total. The molecule has 6 heteroatoms. The Hall–Kier alpha value is -1.95. The van der Waals surface area contributed by atoms with Crippen molar-refractivity contribution >= 4 is 17.5 Å². The molecule has 0 saturated heterocycles. The maximum absolute atomic E-state index is 13.6. The predicted molar refractivity (Wildman–Crippen MR) is 73.5 cm³/mol. The van der Waals surface area contributed by atoms with Gasteiger partial charge >= 0.3 is 0 Å². The summed E-state index contributed by atoms with van der Waals surface area (Å²) in [5.41, 5.74) is 11.1. The number of nitrogens with one attached hydrogen (secondary N) is 1. The van der Waals surface area contributed by atoms with Crippen LogP contribution in [0, 0.1) is 11.7 Å². The van der Waals surface area contributed by atoms with Gasteiger partial charge in [0, 0.05) is 18.0 Å². The van der Waals surface area contributed by atoms with Crippen LogP contribution in [0.1, 0.15) is 36.0 Å². The Bertz CT molecular complexity index is 533. The Balaban J connectivity index is 2.03. The van der Waals surface area contributed by atoms with E-state index in [0.717, 1.165) is 25.3 Å². The third-order valence-electron chi connectivity index (χ3n) is 3.69. The minimum absolute atomic E-state index is 0.0298. The molecule has 2 atom stereocenters. The molecule has 0 radical (unpaired) electrons. The standard InChI is InChI=1S/C14H18FN3O2/c15-10-5-4-9(14(17)20)6-12(10)18-13(19)7-8-2-1-3-11(8)16/h4-6,8,11H,1-3,7,16H2,(H2,17,20)(H,18,19)/t8-,11+/m0/s1. The zero-order valence-electron chi connectivity index (χ0n) is 11.1. The molecule has 1 saturated carbocycles. The van der Waals surface area contributed by atoms with Crippen molar-refractivity contribution in [3.63, 3.8) is 0 Å². The van der Waals surface area contributed by atoms with Crippen molar-refractivity contribution in [1.82, 2.24) is 0 Å². The monoisotopic (exact) mass is 279 g/mol. The summed E-state index contributed by atoms with van der Waals surface area (Å²) in [6.45, 7) is 0. The Morgan fingerprint density at radius 2 is 2.10 bits per heavy atom. The quantitative estimate of drug-likeness (QED) is 0.776. The molecule has 0 unspecified atom stereocenters. The fourth-order valence-electron chi connectivity index (χ4n) is 2.53. The Morgan fingerprint density at radius 3 is 2.70 bits per heavy atom. The zero-order chi connectivity index (χ0) is 14.7. The summed E-state index contributed by atoms with van der Waals surface area (Å²) in [6.07, 6.45) is 3.12. The van der Waals surface area contributed by atoms with Gasteiger partial charge in [-0.05, 0) is 37.0 Å². The van der Waals surface area contributed by atoms with Crippen LogP contribution in [0.2, 0.25) is 0 Å². The van der Waals surface area contributed by atoms with Gasteiger partial charge in [-0.15, -0.1) is 0 Å². The molecular formula is C14H18FN3O2. The first-order chi connectivity index (χ1) is 9.47. The first-order valence-electron chi connectivity index (χ1n) is 6.62. The van der Waals surface area contributed by atoms with Crippen molar-refractivity contribution in [3.05, 3.63) is 29.6 Å². The van der Waals surface area contributed by atoms with Gasteiger partial charge in [-0.3, -0.25) is 9.59 Å². The van der Waals surface area contributed by atoms with E-state index in [9.17, 15) is 14.0 Å². The highest BCUT2D eigenvalue weighted by Gasteiger charge is 2.26. The van der Waals surface area contributed by atoms with Crippen LogP contribution in [-0.2, 0) is 4.79 Å². The van der Waals surface area contributed by atoms with Gasteiger partial charge in [0.25, 0.3) is 0 Å². The highest BCUT2D eigenvalue weighted by atomic mass is 19.1. The van der Waals surface area contributed by atoms with Crippen LogP contribution < -0.4 is 16.8 Å². The fourth-order valence-corrected chi connectivity index (χ4v) is 2.53. The predicted octanol–water partition coefficient (Wildman–Crippen LogP) is 1.38. The third kappa shape index (κ3) is 3.33. The average Bonchev–Trinajstić information content (AvgIpc) is 2.77. The molecule has 5 nitrogen and oxygen atoms in total. The molecule has 0 spiro atoms. The molecule has 1 aliphatic carbocycles. The zero-order valence-corrected chi connectivity index (χ0v) is 11.1. The van der Waals surface area contributed by atoms with E-state index in [0.29, 0.717) is 0 Å². The van der Waals surface area contributed by atoms with Gasteiger partial charge in [-0.25, -0.2) is 4.39 Å². The van der Waals surface area contributed by atoms with E-state index in [-0.39, 0.29) is 35.5 Å². The van der Waals surface area contributed by atoms with Gasteiger partial charge in [0.15, 0.2) is 0 Å².